The molecule has 3 heterocycles. The summed E-state index contributed by atoms with van der Waals surface area (Å²) in [6.07, 6.45) is 0. The van der Waals surface area contributed by atoms with E-state index in [4.69, 9.17) is 4.42 Å². The number of benzene rings is 10. The van der Waals surface area contributed by atoms with Crippen LogP contribution in [0.4, 0.5) is 51.2 Å². The number of furan rings is 1. The molecule has 84 heavy (non-hydrogen) atoms. The first-order valence-electron chi connectivity index (χ1n) is 30.2. The summed E-state index contributed by atoms with van der Waals surface area (Å²) in [6.45, 7) is 34.9. The Labute approximate surface area is 499 Å². The lowest BCUT2D eigenvalue weighted by molar-refractivity contribution is 0.586. The highest BCUT2D eigenvalue weighted by Gasteiger charge is 2.46. The molecule has 0 saturated carbocycles. The number of anilines is 9. The van der Waals surface area contributed by atoms with Gasteiger partial charge in [-0.25, -0.2) is 0 Å². The molecule has 10 aromatic carbocycles. The van der Waals surface area contributed by atoms with E-state index in [1.165, 1.54) is 89.2 Å². The van der Waals surface area contributed by atoms with E-state index in [9.17, 15) is 0 Å². The average molecular weight is 1100 g/mol. The van der Waals surface area contributed by atoms with Crippen molar-refractivity contribution in [1.82, 2.24) is 0 Å². The smallest absolute Gasteiger partial charge is 0.252 e. The number of para-hydroxylation sites is 2. The van der Waals surface area contributed by atoms with Crippen LogP contribution in [0.15, 0.2) is 205 Å². The van der Waals surface area contributed by atoms with Gasteiger partial charge in [-0.2, -0.15) is 0 Å². The topological polar surface area (TPSA) is 22.9 Å². The molecule has 0 bridgehead atoms. The third kappa shape index (κ3) is 9.23. The van der Waals surface area contributed by atoms with Gasteiger partial charge in [0, 0.05) is 67.5 Å². The van der Waals surface area contributed by atoms with E-state index in [1.54, 1.807) is 0 Å². The zero-order valence-corrected chi connectivity index (χ0v) is 51.9. The summed E-state index contributed by atoms with van der Waals surface area (Å²) >= 11 is 0. The Morgan fingerprint density at radius 1 is 0.405 bits per heavy atom. The van der Waals surface area contributed by atoms with E-state index in [0.29, 0.717) is 0 Å². The van der Waals surface area contributed by atoms with Crippen LogP contribution in [0.5, 0.6) is 0 Å². The van der Waals surface area contributed by atoms with Crippen molar-refractivity contribution < 1.29 is 4.42 Å². The zero-order valence-electron chi connectivity index (χ0n) is 51.9. The Kier molecular flexibility index (Phi) is 12.9. The Morgan fingerprint density at radius 2 is 1.00 bits per heavy atom. The van der Waals surface area contributed by atoms with Gasteiger partial charge in [-0.05, 0) is 187 Å². The minimum Gasteiger partial charge on any atom is -0.455 e. The van der Waals surface area contributed by atoms with Crippen molar-refractivity contribution in [1.29, 1.82) is 0 Å². The van der Waals surface area contributed by atoms with Gasteiger partial charge in [0.1, 0.15) is 11.2 Å². The van der Waals surface area contributed by atoms with Crippen LogP contribution in [-0.4, -0.2) is 6.71 Å². The van der Waals surface area contributed by atoms with Crippen molar-refractivity contribution in [3.8, 4) is 22.3 Å². The van der Waals surface area contributed by atoms with Gasteiger partial charge < -0.3 is 19.1 Å². The molecular formula is C79H78BN3O. The Bertz CT molecular complexity index is 4370. The fourth-order valence-electron chi connectivity index (χ4n) is 13.6. The summed E-state index contributed by atoms with van der Waals surface area (Å²) in [4.78, 5) is 7.73. The molecule has 5 heteroatoms. The maximum Gasteiger partial charge on any atom is 0.252 e. The first-order chi connectivity index (χ1) is 39.9. The maximum absolute atomic E-state index is 6.66. The normalized spacial score (nSPS) is 13.3. The van der Waals surface area contributed by atoms with Crippen LogP contribution in [0, 0.1) is 20.8 Å². The monoisotopic (exact) mass is 1100 g/mol. The lowest BCUT2D eigenvalue weighted by atomic mass is 9.33. The van der Waals surface area contributed by atoms with E-state index < -0.39 is 0 Å². The number of hydrogen-bond acceptors (Lipinski definition) is 4. The van der Waals surface area contributed by atoms with Crippen molar-refractivity contribution >= 4 is 96.2 Å². The molecule has 0 fully saturated rings. The average Bonchev–Trinajstić information content (AvgIpc) is 0.853. The van der Waals surface area contributed by atoms with Crippen LogP contribution in [-0.2, 0) is 21.7 Å². The molecule has 1 aromatic heterocycles. The molecule has 0 unspecified atom stereocenters. The Balaban J connectivity index is 1.10. The summed E-state index contributed by atoms with van der Waals surface area (Å²) in [6, 6.07) is 75.6. The van der Waals surface area contributed by atoms with Gasteiger partial charge >= 0.3 is 0 Å². The number of hydrogen-bond donors (Lipinski definition) is 0. The van der Waals surface area contributed by atoms with Crippen LogP contribution in [0.3, 0.4) is 0 Å². The van der Waals surface area contributed by atoms with Gasteiger partial charge in [0.15, 0.2) is 0 Å². The summed E-state index contributed by atoms with van der Waals surface area (Å²) in [5.74, 6) is 0. The van der Waals surface area contributed by atoms with Crippen LogP contribution in [0.1, 0.15) is 122 Å². The fraction of sp³-hybridized carbons (Fsp3) is 0.241. The predicted octanol–water partition coefficient (Wildman–Crippen LogP) is 20.6. The van der Waals surface area contributed by atoms with Gasteiger partial charge in [-0.15, -0.1) is 0 Å². The predicted molar refractivity (Wildman–Crippen MR) is 362 cm³/mol. The third-order valence-corrected chi connectivity index (χ3v) is 18.1. The first kappa shape index (κ1) is 54.7. The van der Waals surface area contributed by atoms with Gasteiger partial charge in [0.2, 0.25) is 0 Å². The van der Waals surface area contributed by atoms with Crippen molar-refractivity contribution in [2.75, 3.05) is 14.7 Å². The molecule has 0 spiro atoms. The minimum absolute atomic E-state index is 0.000513. The molecule has 418 valence electrons. The van der Waals surface area contributed by atoms with Crippen molar-refractivity contribution in [2.45, 2.75) is 126 Å². The van der Waals surface area contributed by atoms with Gasteiger partial charge in [-0.1, -0.05) is 210 Å². The van der Waals surface area contributed by atoms with Crippen LogP contribution < -0.4 is 31.1 Å². The van der Waals surface area contributed by atoms with E-state index >= 15 is 0 Å². The lowest BCUT2D eigenvalue weighted by Crippen LogP contribution is -2.62. The van der Waals surface area contributed by atoms with Crippen molar-refractivity contribution in [3.63, 3.8) is 0 Å². The number of aryl methyl sites for hydroxylation is 2. The summed E-state index contributed by atoms with van der Waals surface area (Å²) in [5, 5.41) is 2.26. The molecule has 4 nitrogen and oxygen atoms in total. The summed E-state index contributed by atoms with van der Waals surface area (Å²) in [7, 11) is 0. The highest BCUT2D eigenvalue weighted by atomic mass is 16.3. The lowest BCUT2D eigenvalue weighted by Gasteiger charge is -2.47. The highest BCUT2D eigenvalue weighted by Crippen LogP contribution is 2.51. The standard InChI is InChI=1S/C79H78BN3O/c1-49-44-54(52-22-17-16-18-23-52)30-43-68(49)81(58-37-31-55(32-38-58)76(4,5)6)61-41-42-66-69(47-61)82(59-35-28-53(29-36-59)62-25-21-26-64-63-24-19-20-27-71(63)84-75(62)64)70-48-65(79(13,14)15)51(3)74-72(70)80(66)67-46-57(78(10,11)12)45-50(2)73(67)83(74)60-39-33-56(34-40-60)77(7,8)9/h16-48H,1-15H3. The third-order valence-electron chi connectivity index (χ3n) is 18.1. The molecule has 0 N–H and O–H groups in total. The molecule has 0 atom stereocenters. The first-order valence-corrected chi connectivity index (χ1v) is 30.2. The second-order valence-corrected chi connectivity index (χ2v) is 28.0. The van der Waals surface area contributed by atoms with Gasteiger partial charge in [0.25, 0.3) is 6.71 Å². The second kappa shape index (κ2) is 19.8. The quantitative estimate of drug-likeness (QED) is 0.148. The van der Waals surface area contributed by atoms with Crippen LogP contribution >= 0.6 is 0 Å². The molecule has 13 rings (SSSR count). The van der Waals surface area contributed by atoms with Crippen molar-refractivity contribution in [2.24, 2.45) is 0 Å². The molecule has 0 aliphatic carbocycles. The molecule has 2 aliphatic heterocycles. The molecule has 11 aromatic rings. The molecular weight excluding hydrogens is 1020 g/mol. The van der Waals surface area contributed by atoms with Crippen LogP contribution in [0.25, 0.3) is 44.2 Å². The molecule has 0 saturated heterocycles. The molecule has 2 aliphatic rings. The van der Waals surface area contributed by atoms with E-state index in [2.05, 4.69) is 319 Å². The van der Waals surface area contributed by atoms with Gasteiger partial charge in [0.05, 0.1) is 0 Å². The Hall–Kier alpha value is -8.54. The fourth-order valence-corrected chi connectivity index (χ4v) is 13.6. The second-order valence-electron chi connectivity index (χ2n) is 28.0. The number of fused-ring (bicyclic) bond motifs is 7. The zero-order chi connectivity index (χ0) is 58.9. The Morgan fingerprint density at radius 3 is 1.65 bits per heavy atom. The highest BCUT2D eigenvalue weighted by molar-refractivity contribution is 7.00. The number of rotatable bonds is 7. The SMILES string of the molecule is Cc1cc(-c2ccccc2)ccc1N(c1ccc(C(C)(C)C)cc1)c1ccc2c(c1)N(c1ccc(-c3cccc4c3oc3ccccc34)cc1)c1cc(C(C)(C)C)c(C)c3c1B2c1cc(C(C)(C)C)cc(C)c1N3c1ccc(C(C)(C)C)cc1. The van der Waals surface area contributed by atoms with E-state index in [0.717, 1.165) is 61.5 Å². The largest absolute Gasteiger partial charge is 0.455 e. The molecule has 0 radical (unpaired) electrons. The summed E-state index contributed by atoms with van der Waals surface area (Å²) in [5.41, 5.74) is 29.7. The van der Waals surface area contributed by atoms with E-state index in [-0.39, 0.29) is 28.4 Å². The number of nitrogens with zero attached hydrogens (tertiary/aromatic N) is 3. The summed E-state index contributed by atoms with van der Waals surface area (Å²) < 4.78 is 6.66. The van der Waals surface area contributed by atoms with Gasteiger partial charge in [-0.3, -0.25) is 0 Å². The van der Waals surface area contributed by atoms with Crippen LogP contribution in [0.2, 0.25) is 0 Å². The maximum atomic E-state index is 6.66. The van der Waals surface area contributed by atoms with E-state index in [1.807, 2.05) is 0 Å². The minimum atomic E-state index is -0.194. The van der Waals surface area contributed by atoms with Crippen molar-refractivity contribution in [3.05, 3.63) is 239 Å². The molecule has 0 amide bonds.